The topological polar surface area (TPSA) is 64.6 Å². The third kappa shape index (κ3) is 7.17. The molecule has 1 aliphatic heterocycles. The zero-order valence-electron chi connectivity index (χ0n) is 15.7. The van der Waals surface area contributed by atoms with Crippen LogP contribution in [0.2, 0.25) is 10.0 Å². The summed E-state index contributed by atoms with van der Waals surface area (Å²) in [4.78, 5) is 11.4. The zero-order valence-corrected chi connectivity index (χ0v) is 17.2. The van der Waals surface area contributed by atoms with Gasteiger partial charge in [0, 0.05) is 38.4 Å². The summed E-state index contributed by atoms with van der Waals surface area (Å²) < 4.78 is 0. The first-order valence-corrected chi connectivity index (χ1v) is 10.2. The SMILES string of the molecule is CCCN1CCC(NC(=NCCNc2ncc(Cl)cc2Cl)NCC)CC1. The molecule has 146 valence electrons. The van der Waals surface area contributed by atoms with Crippen molar-refractivity contribution in [2.24, 2.45) is 4.99 Å². The lowest BCUT2D eigenvalue weighted by Gasteiger charge is -2.32. The van der Waals surface area contributed by atoms with Crippen LogP contribution in [-0.4, -0.2) is 61.2 Å². The number of guanidine groups is 1. The molecule has 6 nitrogen and oxygen atoms in total. The lowest BCUT2D eigenvalue weighted by Crippen LogP contribution is -2.48. The van der Waals surface area contributed by atoms with Crippen LogP contribution < -0.4 is 16.0 Å². The average molecular weight is 401 g/mol. The smallest absolute Gasteiger partial charge is 0.191 e. The molecule has 2 rings (SSSR count). The standard InChI is InChI=1S/C18H30Cl2N6/c1-3-9-26-10-5-15(6-11-26)25-18(21-4-2)23-8-7-22-17-16(20)12-14(19)13-24-17/h12-13,15H,3-11H2,1-2H3,(H,22,24)(H2,21,23,25). The van der Waals surface area contributed by atoms with E-state index in [2.05, 4.69) is 44.7 Å². The molecule has 0 spiro atoms. The number of halogens is 2. The van der Waals surface area contributed by atoms with E-state index < -0.39 is 0 Å². The van der Waals surface area contributed by atoms with Gasteiger partial charge in [-0.15, -0.1) is 0 Å². The summed E-state index contributed by atoms with van der Waals surface area (Å²) in [5.41, 5.74) is 0. The molecule has 8 heteroatoms. The van der Waals surface area contributed by atoms with Crippen LogP contribution in [0.4, 0.5) is 5.82 Å². The van der Waals surface area contributed by atoms with E-state index in [4.69, 9.17) is 23.2 Å². The Morgan fingerprint density at radius 3 is 2.73 bits per heavy atom. The van der Waals surface area contributed by atoms with Crippen molar-refractivity contribution in [3.8, 4) is 0 Å². The van der Waals surface area contributed by atoms with Gasteiger partial charge >= 0.3 is 0 Å². The number of hydrogen-bond acceptors (Lipinski definition) is 4. The van der Waals surface area contributed by atoms with Gasteiger partial charge in [0.2, 0.25) is 0 Å². The second-order valence-corrected chi connectivity index (χ2v) is 7.28. The van der Waals surface area contributed by atoms with E-state index in [1.165, 1.54) is 13.0 Å². The first-order valence-electron chi connectivity index (χ1n) is 9.44. The van der Waals surface area contributed by atoms with E-state index >= 15 is 0 Å². The van der Waals surface area contributed by atoms with Gasteiger partial charge in [-0.1, -0.05) is 30.1 Å². The van der Waals surface area contributed by atoms with Crippen LogP contribution >= 0.6 is 23.2 Å². The van der Waals surface area contributed by atoms with Gasteiger partial charge in [-0.2, -0.15) is 0 Å². The number of likely N-dealkylation sites (tertiary alicyclic amines) is 1. The number of nitrogens with zero attached hydrogens (tertiary/aromatic N) is 3. The highest BCUT2D eigenvalue weighted by atomic mass is 35.5. The first kappa shape index (κ1) is 21.1. The molecule has 1 aromatic heterocycles. The van der Waals surface area contributed by atoms with Crippen LogP contribution in [0.5, 0.6) is 0 Å². The number of anilines is 1. The Balaban J connectivity index is 1.77. The van der Waals surface area contributed by atoms with Crippen LogP contribution in [0.25, 0.3) is 0 Å². The summed E-state index contributed by atoms with van der Waals surface area (Å²) in [7, 11) is 0. The molecule has 0 aliphatic carbocycles. The number of aliphatic imine (C=N–C) groups is 1. The molecule has 1 fully saturated rings. The maximum atomic E-state index is 6.11. The molecule has 2 heterocycles. The van der Waals surface area contributed by atoms with Crippen molar-refractivity contribution in [1.82, 2.24) is 20.5 Å². The maximum Gasteiger partial charge on any atom is 0.191 e. The Hall–Kier alpha value is -1.24. The van der Waals surface area contributed by atoms with Gasteiger partial charge in [0.15, 0.2) is 5.96 Å². The van der Waals surface area contributed by atoms with Gasteiger partial charge in [0.1, 0.15) is 5.82 Å². The molecule has 0 unspecified atom stereocenters. The molecule has 1 aliphatic rings. The quantitative estimate of drug-likeness (QED) is 0.355. The molecule has 0 radical (unpaired) electrons. The number of hydrogen-bond donors (Lipinski definition) is 3. The summed E-state index contributed by atoms with van der Waals surface area (Å²) in [5.74, 6) is 1.51. The molecule has 3 N–H and O–H groups in total. The highest BCUT2D eigenvalue weighted by molar-refractivity contribution is 6.35. The Bertz CT molecular complexity index is 573. The lowest BCUT2D eigenvalue weighted by atomic mass is 10.1. The molecular weight excluding hydrogens is 371 g/mol. The molecule has 0 aromatic carbocycles. The molecule has 0 atom stereocenters. The summed E-state index contributed by atoms with van der Waals surface area (Å²) >= 11 is 12.0. The van der Waals surface area contributed by atoms with Gasteiger partial charge < -0.3 is 20.9 Å². The van der Waals surface area contributed by atoms with Gasteiger partial charge in [-0.05, 0) is 38.8 Å². The minimum Gasteiger partial charge on any atom is -0.367 e. The van der Waals surface area contributed by atoms with Gasteiger partial charge in [0.25, 0.3) is 0 Å². The third-order valence-corrected chi connectivity index (χ3v) is 4.79. The molecule has 0 bridgehead atoms. The molecule has 0 amide bonds. The monoisotopic (exact) mass is 400 g/mol. The second-order valence-electron chi connectivity index (χ2n) is 6.43. The fourth-order valence-corrected chi connectivity index (χ4v) is 3.46. The lowest BCUT2D eigenvalue weighted by molar-refractivity contribution is 0.206. The van der Waals surface area contributed by atoms with E-state index in [1.807, 2.05) is 0 Å². The number of piperidine rings is 1. The Kier molecular flexibility index (Phi) is 9.29. The van der Waals surface area contributed by atoms with Crippen molar-refractivity contribution in [1.29, 1.82) is 0 Å². The predicted molar refractivity (Wildman–Crippen MR) is 112 cm³/mol. The fraction of sp³-hybridized carbons (Fsp3) is 0.667. The Labute approximate surface area is 166 Å². The van der Waals surface area contributed by atoms with Crippen molar-refractivity contribution in [3.05, 3.63) is 22.3 Å². The summed E-state index contributed by atoms with van der Waals surface area (Å²) in [6.45, 7) is 9.97. The minimum absolute atomic E-state index is 0.487. The highest BCUT2D eigenvalue weighted by Gasteiger charge is 2.19. The fourth-order valence-electron chi connectivity index (χ4n) is 3.02. The molecule has 26 heavy (non-hydrogen) atoms. The van der Waals surface area contributed by atoms with Crippen LogP contribution in [0.15, 0.2) is 17.3 Å². The highest BCUT2D eigenvalue weighted by Crippen LogP contribution is 2.22. The van der Waals surface area contributed by atoms with E-state index in [0.29, 0.717) is 35.0 Å². The first-order chi connectivity index (χ1) is 12.6. The van der Waals surface area contributed by atoms with Gasteiger partial charge in [0.05, 0.1) is 16.6 Å². The van der Waals surface area contributed by atoms with Gasteiger partial charge in [-0.3, -0.25) is 4.99 Å². The van der Waals surface area contributed by atoms with E-state index in [9.17, 15) is 0 Å². The Morgan fingerprint density at radius 1 is 1.31 bits per heavy atom. The van der Waals surface area contributed by atoms with Crippen molar-refractivity contribution in [2.45, 2.75) is 39.2 Å². The van der Waals surface area contributed by atoms with Crippen molar-refractivity contribution < 1.29 is 0 Å². The third-order valence-electron chi connectivity index (χ3n) is 4.29. The van der Waals surface area contributed by atoms with Crippen LogP contribution in [-0.2, 0) is 0 Å². The number of rotatable bonds is 8. The average Bonchev–Trinajstić information content (AvgIpc) is 2.62. The van der Waals surface area contributed by atoms with Gasteiger partial charge in [-0.25, -0.2) is 4.98 Å². The predicted octanol–water partition coefficient (Wildman–Crippen LogP) is 3.23. The number of aromatic nitrogens is 1. The van der Waals surface area contributed by atoms with Crippen molar-refractivity contribution in [2.75, 3.05) is 44.6 Å². The van der Waals surface area contributed by atoms with Crippen LogP contribution in [0, 0.1) is 0 Å². The molecule has 1 saturated heterocycles. The van der Waals surface area contributed by atoms with E-state index in [0.717, 1.165) is 38.4 Å². The number of nitrogens with one attached hydrogen (secondary N) is 3. The van der Waals surface area contributed by atoms with Crippen molar-refractivity contribution >= 4 is 35.0 Å². The molecule has 0 saturated carbocycles. The molecular formula is C18H30Cl2N6. The largest absolute Gasteiger partial charge is 0.367 e. The second kappa shape index (κ2) is 11.5. The van der Waals surface area contributed by atoms with E-state index in [1.54, 1.807) is 12.3 Å². The van der Waals surface area contributed by atoms with Crippen LogP contribution in [0.3, 0.4) is 0 Å². The van der Waals surface area contributed by atoms with Crippen LogP contribution in [0.1, 0.15) is 33.1 Å². The normalized spacial score (nSPS) is 16.5. The minimum atomic E-state index is 0.487. The Morgan fingerprint density at radius 2 is 2.08 bits per heavy atom. The van der Waals surface area contributed by atoms with E-state index in [-0.39, 0.29) is 0 Å². The molecule has 1 aromatic rings. The summed E-state index contributed by atoms with van der Waals surface area (Å²) in [6.07, 6.45) is 5.12. The summed E-state index contributed by atoms with van der Waals surface area (Å²) in [6, 6.07) is 2.17. The number of pyridine rings is 1. The maximum absolute atomic E-state index is 6.11. The zero-order chi connectivity index (χ0) is 18.8. The summed E-state index contributed by atoms with van der Waals surface area (Å²) in [5, 5.41) is 11.1. The van der Waals surface area contributed by atoms with Crippen molar-refractivity contribution in [3.63, 3.8) is 0 Å².